The first-order valence-electron chi connectivity index (χ1n) is 11.9. The number of amides is 4. The number of carbonyl (C=O) groups is 3. The van der Waals surface area contributed by atoms with E-state index in [0.717, 1.165) is 5.06 Å². The van der Waals surface area contributed by atoms with Crippen LogP contribution in [-0.2, 0) is 15.9 Å². The lowest BCUT2D eigenvalue weighted by Gasteiger charge is -2.28. The molecule has 1 aromatic heterocycles. The number of carbonyl (C=O) groups excluding carboxylic acids is 3. The van der Waals surface area contributed by atoms with Crippen molar-refractivity contribution >= 4 is 18.2 Å². The van der Waals surface area contributed by atoms with Crippen LogP contribution in [0.5, 0.6) is 0 Å². The number of hydroxylamine groups is 2. The Balaban J connectivity index is 1.58. The van der Waals surface area contributed by atoms with E-state index < -0.39 is 29.4 Å². The van der Waals surface area contributed by atoms with Gasteiger partial charge >= 0.3 is 18.2 Å². The van der Waals surface area contributed by atoms with Gasteiger partial charge in [-0.3, -0.25) is 5.21 Å². The monoisotopic (exact) mass is 495 g/mol. The molecule has 2 aliphatic heterocycles. The fourth-order valence-electron chi connectivity index (χ4n) is 4.03. The molecule has 0 aromatic carbocycles. The third-order valence-electron chi connectivity index (χ3n) is 5.59. The maximum atomic E-state index is 12.7. The van der Waals surface area contributed by atoms with E-state index in [9.17, 15) is 19.6 Å². The van der Waals surface area contributed by atoms with Gasteiger partial charge in [-0.2, -0.15) is 0 Å². The average Bonchev–Trinajstić information content (AvgIpc) is 3.28. The topological polar surface area (TPSA) is 138 Å². The standard InChI is InChI=1S/C23H37N5O7/c1-22(2,3)33-19(29)24-10-12-26(21(31)34-23(4,5)6)11-9-16-13-17(25-35-16)18-8-7-15-14-27(18)20(30)28(15)32/h13,15,18,32H,7-12,14H2,1-6H3,(H,24,29)/t15-,18-/m0/s1. The Hall–Kier alpha value is -3.02. The minimum absolute atomic E-state index is 0.179. The highest BCUT2D eigenvalue weighted by Gasteiger charge is 2.45. The highest BCUT2D eigenvalue weighted by molar-refractivity contribution is 5.76. The summed E-state index contributed by atoms with van der Waals surface area (Å²) in [5, 5.41) is 17.5. The molecule has 35 heavy (non-hydrogen) atoms. The van der Waals surface area contributed by atoms with E-state index >= 15 is 0 Å². The largest absolute Gasteiger partial charge is 0.444 e. The lowest BCUT2D eigenvalue weighted by atomic mass is 9.98. The summed E-state index contributed by atoms with van der Waals surface area (Å²) in [4.78, 5) is 40.0. The molecule has 1 aromatic rings. The van der Waals surface area contributed by atoms with Gasteiger partial charge in [-0.05, 0) is 54.4 Å². The molecule has 0 saturated carbocycles. The number of rotatable bonds is 7. The van der Waals surface area contributed by atoms with Gasteiger partial charge in [0.2, 0.25) is 0 Å². The maximum Gasteiger partial charge on any atom is 0.410 e. The molecule has 2 N–H and O–H groups in total. The van der Waals surface area contributed by atoms with E-state index in [1.807, 2.05) is 0 Å². The number of alkyl carbamates (subject to hydrolysis) is 1. The zero-order valence-electron chi connectivity index (χ0n) is 21.4. The number of piperidine rings is 1. The van der Waals surface area contributed by atoms with E-state index in [1.165, 1.54) is 4.90 Å². The van der Waals surface area contributed by atoms with E-state index in [1.54, 1.807) is 52.5 Å². The third kappa shape index (κ3) is 7.23. The number of urea groups is 1. The molecule has 2 fully saturated rings. The molecule has 2 bridgehead atoms. The fraction of sp³-hybridized carbons (Fsp3) is 0.739. The predicted octanol–water partition coefficient (Wildman–Crippen LogP) is 3.31. The summed E-state index contributed by atoms with van der Waals surface area (Å²) < 4.78 is 16.2. The van der Waals surface area contributed by atoms with Crippen molar-refractivity contribution in [2.24, 2.45) is 0 Å². The molecule has 0 spiro atoms. The van der Waals surface area contributed by atoms with Gasteiger partial charge in [-0.1, -0.05) is 5.16 Å². The van der Waals surface area contributed by atoms with Crippen molar-refractivity contribution in [1.29, 1.82) is 0 Å². The summed E-state index contributed by atoms with van der Waals surface area (Å²) in [7, 11) is 0. The molecular formula is C23H37N5O7. The first kappa shape index (κ1) is 26.6. The minimum Gasteiger partial charge on any atom is -0.444 e. The van der Waals surface area contributed by atoms with Gasteiger partial charge in [0.25, 0.3) is 0 Å². The highest BCUT2D eigenvalue weighted by atomic mass is 16.6. The minimum atomic E-state index is -0.672. The molecule has 12 nitrogen and oxygen atoms in total. The fourth-order valence-corrected chi connectivity index (χ4v) is 4.03. The Bertz CT molecular complexity index is 920. The van der Waals surface area contributed by atoms with Crippen LogP contribution in [0.2, 0.25) is 0 Å². The summed E-state index contributed by atoms with van der Waals surface area (Å²) in [6, 6.07) is 0.927. The van der Waals surface area contributed by atoms with Crippen LogP contribution in [0.25, 0.3) is 0 Å². The van der Waals surface area contributed by atoms with Crippen LogP contribution >= 0.6 is 0 Å². The van der Waals surface area contributed by atoms with Gasteiger partial charge in [0, 0.05) is 38.7 Å². The lowest BCUT2D eigenvalue weighted by molar-refractivity contribution is -0.0584. The zero-order valence-corrected chi connectivity index (χ0v) is 21.4. The Kier molecular flexibility index (Phi) is 7.83. The zero-order chi connectivity index (χ0) is 26.0. The number of hydrogen-bond donors (Lipinski definition) is 2. The number of nitrogens with one attached hydrogen (secondary N) is 1. The molecule has 3 heterocycles. The smallest absolute Gasteiger partial charge is 0.410 e. The van der Waals surface area contributed by atoms with Crippen LogP contribution in [0.4, 0.5) is 14.4 Å². The van der Waals surface area contributed by atoms with E-state index in [2.05, 4.69) is 10.5 Å². The second-order valence-electron chi connectivity index (χ2n) is 10.9. The van der Waals surface area contributed by atoms with Crippen molar-refractivity contribution < 1.29 is 33.6 Å². The Labute approximate surface area is 205 Å². The molecular weight excluding hydrogens is 458 g/mol. The second-order valence-corrected chi connectivity index (χ2v) is 10.9. The molecule has 12 heteroatoms. The summed E-state index contributed by atoms with van der Waals surface area (Å²) >= 11 is 0. The SMILES string of the molecule is CC(C)(C)OC(=O)NCCN(CCc1cc([C@@H]2CC[C@H]3CN2C(=O)N3O)no1)C(=O)OC(C)(C)C. The van der Waals surface area contributed by atoms with Crippen molar-refractivity contribution in [1.82, 2.24) is 25.3 Å². The quantitative estimate of drug-likeness (QED) is 0.550. The van der Waals surface area contributed by atoms with Crippen LogP contribution in [-0.4, -0.2) is 86.9 Å². The van der Waals surface area contributed by atoms with Crippen LogP contribution in [0.1, 0.15) is 71.9 Å². The van der Waals surface area contributed by atoms with E-state index in [0.29, 0.717) is 37.3 Å². The van der Waals surface area contributed by atoms with Crippen molar-refractivity contribution in [3.63, 3.8) is 0 Å². The summed E-state index contributed by atoms with van der Waals surface area (Å²) in [6.45, 7) is 11.8. The highest BCUT2D eigenvalue weighted by Crippen LogP contribution is 2.37. The van der Waals surface area contributed by atoms with Crippen LogP contribution < -0.4 is 5.32 Å². The average molecular weight is 496 g/mol. The van der Waals surface area contributed by atoms with Crippen molar-refractivity contribution in [2.75, 3.05) is 26.2 Å². The van der Waals surface area contributed by atoms with Gasteiger partial charge in [0.1, 0.15) is 22.7 Å². The van der Waals surface area contributed by atoms with Crippen LogP contribution in [0, 0.1) is 0 Å². The normalized spacial score (nSPS) is 20.1. The lowest BCUT2D eigenvalue weighted by Crippen LogP contribution is -2.43. The van der Waals surface area contributed by atoms with Gasteiger partial charge in [-0.25, -0.2) is 19.4 Å². The first-order valence-corrected chi connectivity index (χ1v) is 11.9. The van der Waals surface area contributed by atoms with Crippen LogP contribution in [0.15, 0.2) is 10.6 Å². The third-order valence-corrected chi connectivity index (χ3v) is 5.59. The van der Waals surface area contributed by atoms with Crippen molar-refractivity contribution in [3.8, 4) is 0 Å². The van der Waals surface area contributed by atoms with Crippen molar-refractivity contribution in [3.05, 3.63) is 17.5 Å². The predicted molar refractivity (Wildman–Crippen MR) is 124 cm³/mol. The molecule has 0 unspecified atom stereocenters. The number of fused-ring (bicyclic) bond motifs is 2. The van der Waals surface area contributed by atoms with Crippen LogP contribution in [0.3, 0.4) is 0 Å². The molecule has 2 aliphatic rings. The molecule has 0 aliphatic carbocycles. The molecule has 196 valence electrons. The number of ether oxygens (including phenoxy) is 2. The number of nitrogens with zero attached hydrogens (tertiary/aromatic N) is 4. The first-order chi connectivity index (χ1) is 16.2. The van der Waals surface area contributed by atoms with E-state index in [4.69, 9.17) is 14.0 Å². The molecule has 2 atom stereocenters. The Morgan fingerprint density at radius 1 is 1.17 bits per heavy atom. The summed E-state index contributed by atoms with van der Waals surface area (Å²) in [6.07, 6.45) is 0.665. The maximum absolute atomic E-state index is 12.7. The van der Waals surface area contributed by atoms with Crippen molar-refractivity contribution in [2.45, 2.75) is 84.1 Å². The number of aromatic nitrogens is 1. The summed E-state index contributed by atoms with van der Waals surface area (Å²) in [5.74, 6) is 0.559. The molecule has 4 amide bonds. The Morgan fingerprint density at radius 2 is 1.86 bits per heavy atom. The Morgan fingerprint density at radius 3 is 2.51 bits per heavy atom. The van der Waals surface area contributed by atoms with Gasteiger partial charge in [-0.15, -0.1) is 0 Å². The van der Waals surface area contributed by atoms with Gasteiger partial charge in [0.05, 0.1) is 12.1 Å². The van der Waals surface area contributed by atoms with Gasteiger partial charge < -0.3 is 29.1 Å². The molecule has 0 radical (unpaired) electrons. The molecule has 2 saturated heterocycles. The molecule has 3 rings (SSSR count). The van der Waals surface area contributed by atoms with E-state index in [-0.39, 0.29) is 31.7 Å². The summed E-state index contributed by atoms with van der Waals surface area (Å²) in [5.41, 5.74) is -0.667. The van der Waals surface area contributed by atoms with Gasteiger partial charge in [0.15, 0.2) is 0 Å². The second kappa shape index (κ2) is 10.3. The number of hydrogen-bond acceptors (Lipinski definition) is 8.